The van der Waals surface area contributed by atoms with E-state index in [9.17, 15) is 14.4 Å². The van der Waals surface area contributed by atoms with Gasteiger partial charge in [0, 0.05) is 27.9 Å². The number of nitrogens with one attached hydrogen (secondary N) is 2. The first kappa shape index (κ1) is 27.3. The quantitative estimate of drug-likeness (QED) is 0.0835. The first-order valence-corrected chi connectivity index (χ1v) is 12.4. The second-order valence-corrected chi connectivity index (χ2v) is 8.90. The third-order valence-corrected chi connectivity index (χ3v) is 5.86. The van der Waals surface area contributed by atoms with Crippen molar-refractivity contribution in [3.63, 3.8) is 0 Å². The van der Waals surface area contributed by atoms with Crippen molar-refractivity contribution in [2.75, 3.05) is 5.32 Å². The van der Waals surface area contributed by atoms with Crippen LogP contribution < -0.4 is 15.5 Å². The minimum atomic E-state index is -0.578. The Balaban J connectivity index is 1.37. The van der Waals surface area contributed by atoms with E-state index in [1.165, 1.54) is 18.4 Å². The van der Waals surface area contributed by atoms with Crippen LogP contribution >= 0.6 is 23.2 Å². The fourth-order valence-electron chi connectivity index (χ4n) is 3.37. The molecule has 0 saturated carbocycles. The van der Waals surface area contributed by atoms with Crippen LogP contribution in [-0.4, -0.2) is 24.0 Å². The third kappa shape index (κ3) is 7.88. The maximum Gasteiger partial charge on any atom is 0.336 e. The predicted molar refractivity (Wildman–Crippen MR) is 153 cm³/mol. The summed E-state index contributed by atoms with van der Waals surface area (Å²) in [7, 11) is 0. The Hall–Kier alpha value is -4.72. The number of anilines is 1. The summed E-state index contributed by atoms with van der Waals surface area (Å²) in [5.74, 6) is -1.21. The smallest absolute Gasteiger partial charge is 0.336 e. The Morgan fingerprint density at radius 2 is 1.54 bits per heavy atom. The Morgan fingerprint density at radius 1 is 0.795 bits per heavy atom. The molecule has 0 aliphatic rings. The largest absolute Gasteiger partial charge is 0.423 e. The lowest BCUT2D eigenvalue weighted by atomic mass is 10.1. The number of hydrogen-bond donors (Lipinski definition) is 2. The number of hydrazone groups is 1. The zero-order valence-electron chi connectivity index (χ0n) is 20.3. The van der Waals surface area contributed by atoms with E-state index in [-0.39, 0.29) is 11.3 Å². The summed E-state index contributed by atoms with van der Waals surface area (Å²) in [6, 6.07) is 26.8. The highest BCUT2D eigenvalue weighted by Crippen LogP contribution is 2.19. The molecule has 0 heterocycles. The molecule has 0 fully saturated rings. The third-order valence-electron chi connectivity index (χ3n) is 5.28. The van der Waals surface area contributed by atoms with Crippen molar-refractivity contribution < 1.29 is 19.1 Å². The standard InChI is InChI=1S/C30H21Cl2N3O4/c31-23-15-12-20(13-16-23)14-17-28(36)39-27-11-4-1-6-22(27)19-33-35-29(37)21-7-5-8-24(18-21)34-30(38)25-9-2-3-10-26(25)32/h1-19H,(H,34,38)(H,35,37)/b17-14+,33-19?. The van der Waals surface area contributed by atoms with Gasteiger partial charge in [0.2, 0.25) is 0 Å². The number of rotatable bonds is 8. The number of amides is 2. The summed E-state index contributed by atoms with van der Waals surface area (Å²) in [4.78, 5) is 37.5. The molecule has 0 bridgehead atoms. The molecular weight excluding hydrogens is 537 g/mol. The van der Waals surface area contributed by atoms with Gasteiger partial charge in [0.1, 0.15) is 5.75 Å². The fourth-order valence-corrected chi connectivity index (χ4v) is 3.72. The van der Waals surface area contributed by atoms with Gasteiger partial charge < -0.3 is 10.1 Å². The van der Waals surface area contributed by atoms with Crippen molar-refractivity contribution >= 4 is 59.0 Å². The second kappa shape index (κ2) is 13.2. The molecule has 0 aliphatic heterocycles. The number of nitrogens with zero attached hydrogens (tertiary/aromatic N) is 1. The molecule has 194 valence electrons. The van der Waals surface area contributed by atoms with Gasteiger partial charge in [-0.05, 0) is 66.2 Å². The number of para-hydroxylation sites is 1. The molecule has 4 aromatic rings. The highest BCUT2D eigenvalue weighted by atomic mass is 35.5. The summed E-state index contributed by atoms with van der Waals surface area (Å²) >= 11 is 12.0. The maximum absolute atomic E-state index is 12.6. The average Bonchev–Trinajstić information content (AvgIpc) is 2.94. The molecular formula is C30H21Cl2N3O4. The normalized spacial score (nSPS) is 10.9. The van der Waals surface area contributed by atoms with Crippen LogP contribution in [0.4, 0.5) is 5.69 Å². The van der Waals surface area contributed by atoms with Gasteiger partial charge in [-0.2, -0.15) is 5.10 Å². The summed E-state index contributed by atoms with van der Waals surface area (Å²) in [6.45, 7) is 0. The van der Waals surface area contributed by atoms with Gasteiger partial charge in [-0.15, -0.1) is 0 Å². The van der Waals surface area contributed by atoms with E-state index < -0.39 is 17.8 Å². The summed E-state index contributed by atoms with van der Waals surface area (Å²) < 4.78 is 5.43. The first-order chi connectivity index (χ1) is 18.9. The first-order valence-electron chi connectivity index (χ1n) is 11.6. The minimum absolute atomic E-state index is 0.269. The van der Waals surface area contributed by atoms with Gasteiger partial charge >= 0.3 is 5.97 Å². The fraction of sp³-hybridized carbons (Fsp3) is 0. The number of hydrogen-bond acceptors (Lipinski definition) is 5. The lowest BCUT2D eigenvalue weighted by Gasteiger charge is -2.08. The summed E-state index contributed by atoms with van der Waals surface area (Å²) in [5.41, 5.74) is 4.71. The maximum atomic E-state index is 12.6. The number of carbonyl (C=O) groups is 3. The predicted octanol–water partition coefficient (Wildman–Crippen LogP) is 6.63. The van der Waals surface area contributed by atoms with Crippen LogP contribution in [0.25, 0.3) is 6.08 Å². The van der Waals surface area contributed by atoms with Crippen LogP contribution in [0.3, 0.4) is 0 Å². The van der Waals surface area contributed by atoms with Crippen LogP contribution in [0, 0.1) is 0 Å². The lowest BCUT2D eigenvalue weighted by molar-refractivity contribution is -0.128. The second-order valence-electron chi connectivity index (χ2n) is 8.06. The van der Waals surface area contributed by atoms with Crippen LogP contribution in [0.2, 0.25) is 10.0 Å². The molecule has 0 aliphatic carbocycles. The van der Waals surface area contributed by atoms with E-state index in [4.69, 9.17) is 27.9 Å². The van der Waals surface area contributed by atoms with E-state index in [1.54, 1.807) is 97.1 Å². The number of carbonyl (C=O) groups excluding carboxylic acids is 3. The number of halogens is 2. The van der Waals surface area contributed by atoms with Gasteiger partial charge in [0.15, 0.2) is 0 Å². The topological polar surface area (TPSA) is 96.9 Å². The highest BCUT2D eigenvalue weighted by Gasteiger charge is 2.12. The van der Waals surface area contributed by atoms with Crippen molar-refractivity contribution in [1.29, 1.82) is 0 Å². The number of ether oxygens (including phenoxy) is 1. The molecule has 0 saturated heterocycles. The van der Waals surface area contributed by atoms with E-state index in [0.717, 1.165) is 5.56 Å². The molecule has 2 amide bonds. The molecule has 0 aromatic heterocycles. The molecule has 39 heavy (non-hydrogen) atoms. The van der Waals surface area contributed by atoms with Crippen molar-refractivity contribution in [3.05, 3.63) is 135 Å². The molecule has 0 spiro atoms. The monoisotopic (exact) mass is 557 g/mol. The molecule has 4 rings (SSSR count). The summed E-state index contributed by atoms with van der Waals surface area (Å²) in [6.07, 6.45) is 4.28. The van der Waals surface area contributed by atoms with E-state index in [2.05, 4.69) is 15.8 Å². The molecule has 0 atom stereocenters. The number of esters is 1. The van der Waals surface area contributed by atoms with E-state index in [1.807, 2.05) is 0 Å². The van der Waals surface area contributed by atoms with Gasteiger partial charge in [0.25, 0.3) is 11.8 Å². The molecule has 9 heteroatoms. The van der Waals surface area contributed by atoms with Crippen molar-refractivity contribution in [2.24, 2.45) is 5.10 Å². The van der Waals surface area contributed by atoms with Gasteiger partial charge in [-0.25, -0.2) is 10.2 Å². The zero-order chi connectivity index (χ0) is 27.6. The Morgan fingerprint density at radius 3 is 2.33 bits per heavy atom. The molecule has 0 radical (unpaired) electrons. The Bertz CT molecular complexity index is 1570. The van der Waals surface area contributed by atoms with Gasteiger partial charge in [-0.3, -0.25) is 9.59 Å². The van der Waals surface area contributed by atoms with Crippen LogP contribution in [-0.2, 0) is 4.79 Å². The van der Waals surface area contributed by atoms with Crippen LogP contribution in [0.1, 0.15) is 31.8 Å². The average molecular weight is 558 g/mol. The van der Waals surface area contributed by atoms with E-state index >= 15 is 0 Å². The Labute approximate surface area is 234 Å². The Kier molecular flexibility index (Phi) is 9.24. The highest BCUT2D eigenvalue weighted by molar-refractivity contribution is 6.34. The van der Waals surface area contributed by atoms with Crippen molar-refractivity contribution in [3.8, 4) is 5.75 Å². The van der Waals surface area contributed by atoms with Crippen LogP contribution in [0.15, 0.2) is 108 Å². The van der Waals surface area contributed by atoms with Crippen LogP contribution in [0.5, 0.6) is 5.75 Å². The molecule has 2 N–H and O–H groups in total. The summed E-state index contributed by atoms with van der Waals surface area (Å²) in [5, 5.41) is 7.63. The molecule has 0 unspecified atom stereocenters. The van der Waals surface area contributed by atoms with Crippen molar-refractivity contribution in [2.45, 2.75) is 0 Å². The van der Waals surface area contributed by atoms with Gasteiger partial charge in [-0.1, -0.05) is 65.7 Å². The lowest BCUT2D eigenvalue weighted by Crippen LogP contribution is -2.18. The SMILES string of the molecule is O=C(/C=C/c1ccc(Cl)cc1)Oc1ccccc1C=NNC(=O)c1cccc(NC(=O)c2ccccc2Cl)c1. The van der Waals surface area contributed by atoms with Gasteiger partial charge in [0.05, 0.1) is 16.8 Å². The molecule has 7 nitrogen and oxygen atoms in total. The van der Waals surface area contributed by atoms with E-state index in [0.29, 0.717) is 26.9 Å². The number of benzene rings is 4. The molecule has 4 aromatic carbocycles. The minimum Gasteiger partial charge on any atom is -0.423 e. The zero-order valence-corrected chi connectivity index (χ0v) is 21.8. The van der Waals surface area contributed by atoms with Crippen molar-refractivity contribution in [1.82, 2.24) is 5.43 Å².